The van der Waals surface area contributed by atoms with E-state index in [1.165, 1.54) is 42.9 Å². The molecule has 218 valence electrons. The number of nitrogens with zero attached hydrogens (tertiary/aromatic N) is 5. The molecule has 1 saturated heterocycles. The van der Waals surface area contributed by atoms with Crippen molar-refractivity contribution < 1.29 is 33.7 Å². The van der Waals surface area contributed by atoms with Gasteiger partial charge in [-0.2, -0.15) is 4.98 Å². The molecule has 1 aromatic carbocycles. The van der Waals surface area contributed by atoms with Crippen molar-refractivity contribution in [1.29, 1.82) is 0 Å². The van der Waals surface area contributed by atoms with Gasteiger partial charge in [-0.1, -0.05) is 0 Å². The van der Waals surface area contributed by atoms with Crippen LogP contribution in [-0.4, -0.2) is 97.0 Å². The molecule has 4 rings (SSSR count). The number of nitrogens with one attached hydrogen (secondary N) is 1. The summed E-state index contributed by atoms with van der Waals surface area (Å²) in [7, 11) is 7.66. The highest BCUT2D eigenvalue weighted by Gasteiger charge is 2.26. The fraction of sp³-hybridized carbons (Fsp3) is 0.538. The first-order valence-corrected chi connectivity index (χ1v) is 13.1. The number of carbonyl (C=O) groups excluding carboxylic acids is 1. The van der Waals surface area contributed by atoms with E-state index in [1.54, 1.807) is 18.7 Å². The Balaban J connectivity index is 1.53. The highest BCUT2D eigenvalue weighted by Crippen LogP contribution is 2.38. The fourth-order valence-corrected chi connectivity index (χ4v) is 5.03. The molecule has 1 aliphatic rings. The molecule has 2 aromatic heterocycles. The highest BCUT2D eigenvalue weighted by atomic mass is 16.5. The minimum Gasteiger partial charge on any atom is -0.493 e. The van der Waals surface area contributed by atoms with Crippen LogP contribution in [0.5, 0.6) is 17.2 Å². The van der Waals surface area contributed by atoms with E-state index in [9.17, 15) is 14.4 Å². The van der Waals surface area contributed by atoms with Gasteiger partial charge in [0.1, 0.15) is 6.61 Å². The zero-order chi connectivity index (χ0) is 29.0. The van der Waals surface area contributed by atoms with Crippen molar-refractivity contribution in [3.05, 3.63) is 38.5 Å². The van der Waals surface area contributed by atoms with Gasteiger partial charge in [0, 0.05) is 27.1 Å². The second kappa shape index (κ2) is 12.4. The summed E-state index contributed by atoms with van der Waals surface area (Å²) in [5.41, 5.74) is -0.296. The first-order chi connectivity index (χ1) is 19.2. The number of hydrogen-bond acceptors (Lipinski definition) is 10. The van der Waals surface area contributed by atoms with E-state index < -0.39 is 17.2 Å². The smallest absolute Gasteiger partial charge is 0.338 e. The lowest BCUT2D eigenvalue weighted by Crippen LogP contribution is -3.15. The zero-order valence-electron chi connectivity index (χ0n) is 23.6. The van der Waals surface area contributed by atoms with Crippen molar-refractivity contribution in [2.24, 2.45) is 14.1 Å². The lowest BCUT2D eigenvalue weighted by Gasteiger charge is -2.32. The van der Waals surface area contributed by atoms with Crippen molar-refractivity contribution in [3.8, 4) is 17.2 Å². The third-order valence-electron chi connectivity index (χ3n) is 7.23. The zero-order valence-corrected chi connectivity index (χ0v) is 23.6. The summed E-state index contributed by atoms with van der Waals surface area (Å²) >= 11 is 0. The number of methoxy groups -OCH3 is 3. The summed E-state index contributed by atoms with van der Waals surface area (Å²) in [5, 5.41) is 9.10. The number of aliphatic hydroxyl groups is 1. The van der Waals surface area contributed by atoms with Gasteiger partial charge in [-0.25, -0.2) is 9.59 Å². The van der Waals surface area contributed by atoms with Gasteiger partial charge in [-0.3, -0.25) is 13.9 Å². The molecule has 0 aliphatic carbocycles. The second-order valence-electron chi connectivity index (χ2n) is 9.56. The van der Waals surface area contributed by atoms with Crippen molar-refractivity contribution in [1.82, 2.24) is 18.7 Å². The van der Waals surface area contributed by atoms with Crippen molar-refractivity contribution in [2.75, 3.05) is 72.2 Å². The third kappa shape index (κ3) is 5.49. The van der Waals surface area contributed by atoms with Crippen LogP contribution in [0.3, 0.4) is 0 Å². The monoisotopic (exact) mass is 561 g/mol. The van der Waals surface area contributed by atoms with Gasteiger partial charge in [0.15, 0.2) is 22.7 Å². The van der Waals surface area contributed by atoms with E-state index in [2.05, 4.69) is 9.88 Å². The summed E-state index contributed by atoms with van der Waals surface area (Å²) in [6.45, 7) is 4.03. The maximum atomic E-state index is 13.4. The SMILES string of the molecule is COc1cc(C(=O)OCCn2c(=O)c3c(nc(N4CC[NH+](CCCO)CC4)n3C)n(C)c2=O)cc(OC)c1OC. The van der Waals surface area contributed by atoms with E-state index >= 15 is 0 Å². The molecule has 0 unspecified atom stereocenters. The van der Waals surface area contributed by atoms with Crippen LogP contribution in [0.25, 0.3) is 11.2 Å². The molecule has 3 heterocycles. The van der Waals surface area contributed by atoms with Gasteiger partial charge >= 0.3 is 11.7 Å². The van der Waals surface area contributed by atoms with Gasteiger partial charge in [-0.05, 0) is 12.1 Å². The number of quaternary nitrogens is 1. The number of esters is 1. The number of benzene rings is 1. The number of ether oxygens (including phenoxy) is 4. The number of aryl methyl sites for hydroxylation is 2. The Morgan fingerprint density at radius 3 is 2.25 bits per heavy atom. The van der Waals surface area contributed by atoms with Crippen LogP contribution < -0.4 is 35.3 Å². The Bertz CT molecular complexity index is 1460. The molecule has 0 radical (unpaired) electrons. The number of imidazole rings is 1. The molecule has 1 aliphatic heterocycles. The predicted molar refractivity (Wildman–Crippen MR) is 146 cm³/mol. The lowest BCUT2D eigenvalue weighted by molar-refractivity contribution is -0.900. The quantitative estimate of drug-likeness (QED) is 0.263. The van der Waals surface area contributed by atoms with Crippen LogP contribution in [0.2, 0.25) is 0 Å². The maximum Gasteiger partial charge on any atom is 0.338 e. The molecule has 1 fully saturated rings. The van der Waals surface area contributed by atoms with Crippen LogP contribution >= 0.6 is 0 Å². The van der Waals surface area contributed by atoms with Crippen molar-refractivity contribution in [3.63, 3.8) is 0 Å². The summed E-state index contributed by atoms with van der Waals surface area (Å²) in [4.78, 5) is 47.4. The summed E-state index contributed by atoms with van der Waals surface area (Å²) in [5.74, 6) is 0.877. The summed E-state index contributed by atoms with van der Waals surface area (Å²) < 4.78 is 25.3. The average molecular weight is 562 g/mol. The van der Waals surface area contributed by atoms with Crippen molar-refractivity contribution in [2.45, 2.75) is 13.0 Å². The van der Waals surface area contributed by atoms with Gasteiger partial charge in [0.05, 0.1) is 66.2 Å². The summed E-state index contributed by atoms with van der Waals surface area (Å²) in [6.07, 6.45) is 0.765. The van der Waals surface area contributed by atoms with Gasteiger partial charge in [0.2, 0.25) is 11.7 Å². The Morgan fingerprint density at radius 1 is 1.02 bits per heavy atom. The molecule has 0 amide bonds. The molecule has 0 atom stereocenters. The molecule has 3 aromatic rings. The maximum absolute atomic E-state index is 13.4. The molecule has 0 spiro atoms. The predicted octanol–water partition coefficient (Wildman–Crippen LogP) is -1.60. The number of piperazine rings is 1. The van der Waals surface area contributed by atoms with Crippen LogP contribution in [0.1, 0.15) is 16.8 Å². The number of rotatable bonds is 11. The number of carbonyl (C=O) groups is 1. The Morgan fingerprint density at radius 2 is 1.68 bits per heavy atom. The number of aliphatic hydroxyl groups excluding tert-OH is 1. The van der Waals surface area contributed by atoms with E-state index in [0.717, 1.165) is 43.7 Å². The molecular weight excluding hydrogens is 524 g/mol. The minimum absolute atomic E-state index is 0.134. The molecule has 0 saturated carbocycles. The topological polar surface area (TPSA) is 144 Å². The number of aromatic nitrogens is 4. The highest BCUT2D eigenvalue weighted by molar-refractivity contribution is 5.91. The first-order valence-electron chi connectivity index (χ1n) is 13.1. The van der Waals surface area contributed by atoms with Crippen LogP contribution in [0, 0.1) is 0 Å². The van der Waals surface area contributed by atoms with Gasteiger partial charge in [0.25, 0.3) is 5.56 Å². The number of anilines is 1. The van der Waals surface area contributed by atoms with E-state index in [1.807, 2.05) is 0 Å². The largest absolute Gasteiger partial charge is 0.493 e. The molecule has 0 bridgehead atoms. The Labute approximate surface area is 230 Å². The third-order valence-corrected chi connectivity index (χ3v) is 7.23. The fourth-order valence-electron chi connectivity index (χ4n) is 5.03. The Hall–Kier alpha value is -4.04. The van der Waals surface area contributed by atoms with Gasteiger partial charge < -0.3 is 38.4 Å². The van der Waals surface area contributed by atoms with E-state index in [4.69, 9.17) is 24.1 Å². The number of fused-ring (bicyclic) bond motifs is 1. The van der Waals surface area contributed by atoms with Crippen LogP contribution in [0.15, 0.2) is 21.7 Å². The Kier molecular flexibility index (Phi) is 9.00. The van der Waals surface area contributed by atoms with E-state index in [0.29, 0.717) is 34.4 Å². The lowest BCUT2D eigenvalue weighted by atomic mass is 10.2. The molecule has 14 nitrogen and oxygen atoms in total. The first kappa shape index (κ1) is 29.0. The normalized spacial score (nSPS) is 14.0. The van der Waals surface area contributed by atoms with E-state index in [-0.39, 0.29) is 25.3 Å². The van der Waals surface area contributed by atoms with Crippen LogP contribution in [0.4, 0.5) is 5.95 Å². The molecule has 14 heteroatoms. The molecule has 40 heavy (non-hydrogen) atoms. The average Bonchev–Trinajstić information content (AvgIpc) is 3.33. The van der Waals surface area contributed by atoms with Crippen LogP contribution in [-0.2, 0) is 25.4 Å². The standard InChI is InChI=1S/C26H36N6O8/c1-28-20-22(27-25(28)31-10-8-30(9-11-31)7-6-13-33)29(2)26(36)32(23(20)34)12-14-40-24(35)17-15-18(37-3)21(39-5)19(16-17)38-4/h15-16,33H,6-14H2,1-5H3/p+1. The number of hydrogen-bond donors (Lipinski definition) is 2. The summed E-state index contributed by atoms with van der Waals surface area (Å²) in [6, 6.07) is 2.93. The second-order valence-corrected chi connectivity index (χ2v) is 9.56. The molecule has 2 N–H and O–H groups in total. The molecular formula is C26H37N6O8+. The van der Waals surface area contributed by atoms with Crippen molar-refractivity contribution >= 4 is 23.1 Å². The van der Waals surface area contributed by atoms with Gasteiger partial charge in [-0.15, -0.1) is 0 Å². The minimum atomic E-state index is -0.673.